The lowest BCUT2D eigenvalue weighted by atomic mass is 10.1. The van der Waals surface area contributed by atoms with Gasteiger partial charge >= 0.3 is 0 Å². The van der Waals surface area contributed by atoms with Crippen molar-refractivity contribution in [3.63, 3.8) is 0 Å². The first-order valence-corrected chi connectivity index (χ1v) is 6.53. The summed E-state index contributed by atoms with van der Waals surface area (Å²) in [6.07, 6.45) is 1.61. The summed E-state index contributed by atoms with van der Waals surface area (Å²) in [5.41, 5.74) is 6.31. The first kappa shape index (κ1) is 12.3. The number of nitrogens with one attached hydrogen (secondary N) is 1. The van der Waals surface area contributed by atoms with Crippen LogP contribution in [-0.2, 0) is 0 Å². The number of hydrogen-bond acceptors (Lipinski definition) is 4. The fourth-order valence-corrected chi connectivity index (χ4v) is 2.62. The molecule has 1 amide bonds. The van der Waals surface area contributed by atoms with Crippen molar-refractivity contribution in [2.75, 3.05) is 11.1 Å². The molecule has 1 aromatic heterocycles. The molecule has 0 spiro atoms. The van der Waals surface area contributed by atoms with Crippen molar-refractivity contribution in [1.29, 1.82) is 0 Å². The second kappa shape index (κ2) is 5.03. The summed E-state index contributed by atoms with van der Waals surface area (Å²) in [6.45, 7) is 0. The monoisotopic (exact) mass is 331 g/mol. The molecule has 0 aliphatic heterocycles. The van der Waals surface area contributed by atoms with Gasteiger partial charge in [0.05, 0.1) is 20.6 Å². The molecule has 3 N–H and O–H groups in total. The standard InChI is InChI=1S/C10H7BrClN3OS/c11-7-4-14-10(17-7)15-9(16)8-5(12)2-1-3-6(8)13/h1-4H,13H2,(H,14,15,16). The fourth-order valence-electron chi connectivity index (χ4n) is 1.25. The molecular weight excluding hydrogens is 326 g/mol. The van der Waals surface area contributed by atoms with Crippen molar-refractivity contribution in [2.24, 2.45) is 0 Å². The number of thiazole rings is 1. The van der Waals surface area contributed by atoms with E-state index in [0.29, 0.717) is 15.8 Å². The minimum absolute atomic E-state index is 0.264. The third-order valence-electron chi connectivity index (χ3n) is 1.97. The molecule has 0 saturated carbocycles. The van der Waals surface area contributed by atoms with E-state index in [1.54, 1.807) is 24.4 Å². The summed E-state index contributed by atoms with van der Waals surface area (Å²) in [5.74, 6) is -0.366. The number of carbonyl (C=O) groups is 1. The maximum Gasteiger partial charge on any atom is 0.261 e. The molecule has 1 aromatic carbocycles. The number of nitrogens with zero attached hydrogens (tertiary/aromatic N) is 1. The molecule has 0 fully saturated rings. The van der Waals surface area contributed by atoms with Gasteiger partial charge in [0.15, 0.2) is 5.13 Å². The first-order valence-electron chi connectivity index (χ1n) is 4.54. The highest BCUT2D eigenvalue weighted by Gasteiger charge is 2.15. The molecule has 0 atom stereocenters. The van der Waals surface area contributed by atoms with Gasteiger partial charge in [0, 0.05) is 5.69 Å². The Morgan fingerprint density at radius 1 is 1.53 bits per heavy atom. The SMILES string of the molecule is Nc1cccc(Cl)c1C(=O)Nc1ncc(Br)s1. The van der Waals surface area contributed by atoms with Gasteiger partial charge in [0.1, 0.15) is 0 Å². The van der Waals surface area contributed by atoms with Gasteiger partial charge < -0.3 is 5.73 Å². The predicted molar refractivity (Wildman–Crippen MR) is 73.6 cm³/mol. The lowest BCUT2D eigenvalue weighted by Crippen LogP contribution is -2.14. The zero-order valence-corrected chi connectivity index (χ0v) is 11.6. The molecule has 0 radical (unpaired) electrons. The maximum absolute atomic E-state index is 11.9. The van der Waals surface area contributed by atoms with Gasteiger partial charge in [0.25, 0.3) is 5.91 Å². The number of hydrogen-bond donors (Lipinski definition) is 2. The number of carbonyl (C=O) groups excluding carboxylic acids is 1. The summed E-state index contributed by atoms with van der Waals surface area (Å²) < 4.78 is 0.833. The predicted octanol–water partition coefficient (Wildman–Crippen LogP) is 3.39. The minimum atomic E-state index is -0.366. The molecule has 2 rings (SSSR count). The van der Waals surface area contributed by atoms with Crippen LogP contribution in [0.4, 0.5) is 10.8 Å². The highest BCUT2D eigenvalue weighted by molar-refractivity contribution is 9.11. The van der Waals surface area contributed by atoms with Gasteiger partial charge in [0.2, 0.25) is 0 Å². The maximum atomic E-state index is 11.9. The van der Waals surface area contributed by atoms with Crippen LogP contribution < -0.4 is 11.1 Å². The van der Waals surface area contributed by atoms with E-state index in [2.05, 4.69) is 26.2 Å². The van der Waals surface area contributed by atoms with Crippen molar-refractivity contribution >= 4 is 55.6 Å². The van der Waals surface area contributed by atoms with E-state index in [-0.39, 0.29) is 11.5 Å². The number of halogens is 2. The van der Waals surface area contributed by atoms with Gasteiger partial charge in [-0.2, -0.15) is 0 Å². The smallest absolute Gasteiger partial charge is 0.261 e. The van der Waals surface area contributed by atoms with Crippen LogP contribution in [0.25, 0.3) is 0 Å². The van der Waals surface area contributed by atoms with Crippen molar-refractivity contribution in [3.8, 4) is 0 Å². The zero-order chi connectivity index (χ0) is 12.4. The quantitative estimate of drug-likeness (QED) is 0.828. The highest BCUT2D eigenvalue weighted by atomic mass is 79.9. The number of rotatable bonds is 2. The summed E-state index contributed by atoms with van der Waals surface area (Å²) >= 11 is 10.5. The molecular formula is C10H7BrClN3OS. The van der Waals surface area contributed by atoms with E-state index in [4.69, 9.17) is 17.3 Å². The topological polar surface area (TPSA) is 68.0 Å². The number of amides is 1. The van der Waals surface area contributed by atoms with Crippen molar-refractivity contribution < 1.29 is 4.79 Å². The Morgan fingerprint density at radius 2 is 2.29 bits per heavy atom. The van der Waals surface area contributed by atoms with E-state index in [1.165, 1.54) is 11.3 Å². The van der Waals surface area contributed by atoms with Gasteiger partial charge in [-0.05, 0) is 28.1 Å². The van der Waals surface area contributed by atoms with Crippen LogP contribution in [-0.4, -0.2) is 10.9 Å². The Kier molecular flexibility index (Phi) is 3.66. The minimum Gasteiger partial charge on any atom is -0.398 e. The Hall–Kier alpha value is -1.11. The number of aromatic nitrogens is 1. The lowest BCUT2D eigenvalue weighted by molar-refractivity contribution is 0.102. The molecule has 0 saturated heterocycles. The molecule has 2 aromatic rings. The van der Waals surface area contributed by atoms with Crippen LogP contribution >= 0.6 is 38.9 Å². The third-order valence-corrected chi connectivity index (χ3v) is 3.68. The summed E-state index contributed by atoms with van der Waals surface area (Å²) in [5, 5.41) is 3.44. The number of anilines is 2. The Labute approximate surface area is 115 Å². The third kappa shape index (κ3) is 2.77. The molecule has 7 heteroatoms. The second-order valence-electron chi connectivity index (χ2n) is 3.13. The van der Waals surface area contributed by atoms with Crippen LogP contribution in [0.15, 0.2) is 28.2 Å². The number of nitrogens with two attached hydrogens (primary N) is 1. The number of nitrogen functional groups attached to an aromatic ring is 1. The Bertz CT molecular complexity index is 552. The van der Waals surface area contributed by atoms with Crippen molar-refractivity contribution in [1.82, 2.24) is 4.98 Å². The van der Waals surface area contributed by atoms with Crippen molar-refractivity contribution in [2.45, 2.75) is 0 Å². The normalized spacial score (nSPS) is 10.2. The van der Waals surface area contributed by atoms with E-state index < -0.39 is 0 Å². The summed E-state index contributed by atoms with van der Waals surface area (Å²) in [4.78, 5) is 15.9. The molecule has 1 heterocycles. The molecule has 88 valence electrons. The molecule has 0 aliphatic rings. The van der Waals surface area contributed by atoms with E-state index >= 15 is 0 Å². The van der Waals surface area contributed by atoms with Crippen LogP contribution in [0, 0.1) is 0 Å². The van der Waals surface area contributed by atoms with Crippen LogP contribution in [0.1, 0.15) is 10.4 Å². The molecule has 17 heavy (non-hydrogen) atoms. The molecule has 4 nitrogen and oxygen atoms in total. The average molecular weight is 333 g/mol. The van der Waals surface area contributed by atoms with Crippen LogP contribution in [0.2, 0.25) is 5.02 Å². The van der Waals surface area contributed by atoms with Crippen LogP contribution in [0.3, 0.4) is 0 Å². The lowest BCUT2D eigenvalue weighted by Gasteiger charge is -2.06. The Morgan fingerprint density at radius 3 is 2.88 bits per heavy atom. The van der Waals surface area contributed by atoms with E-state index in [0.717, 1.165) is 3.79 Å². The van der Waals surface area contributed by atoms with Gasteiger partial charge in [-0.25, -0.2) is 4.98 Å². The van der Waals surface area contributed by atoms with Gasteiger partial charge in [-0.3, -0.25) is 10.1 Å². The molecule has 0 unspecified atom stereocenters. The zero-order valence-electron chi connectivity index (χ0n) is 8.41. The van der Waals surface area contributed by atoms with Gasteiger partial charge in [-0.15, -0.1) is 0 Å². The first-order chi connectivity index (χ1) is 8.08. The van der Waals surface area contributed by atoms with E-state index in [1.807, 2.05) is 0 Å². The second-order valence-corrected chi connectivity index (χ2v) is 5.94. The molecule has 0 aliphatic carbocycles. The molecule has 0 bridgehead atoms. The average Bonchev–Trinajstić information content (AvgIpc) is 2.63. The highest BCUT2D eigenvalue weighted by Crippen LogP contribution is 2.26. The number of benzene rings is 1. The van der Waals surface area contributed by atoms with Gasteiger partial charge in [-0.1, -0.05) is 29.0 Å². The summed E-state index contributed by atoms with van der Waals surface area (Å²) in [7, 11) is 0. The fraction of sp³-hybridized carbons (Fsp3) is 0. The van der Waals surface area contributed by atoms with Crippen LogP contribution in [0.5, 0.6) is 0 Å². The summed E-state index contributed by atoms with van der Waals surface area (Å²) in [6, 6.07) is 4.93. The van der Waals surface area contributed by atoms with E-state index in [9.17, 15) is 4.79 Å². The Balaban J connectivity index is 2.26. The van der Waals surface area contributed by atoms with Crippen molar-refractivity contribution in [3.05, 3.63) is 38.8 Å². The largest absolute Gasteiger partial charge is 0.398 e.